The molecule has 5 heteroatoms. The van der Waals surface area contributed by atoms with Gasteiger partial charge in [0.2, 0.25) is 0 Å². The van der Waals surface area contributed by atoms with Crippen LogP contribution in [-0.2, 0) is 12.8 Å². The number of fused-ring (bicyclic) bond motifs is 3. The number of aromatic nitrogens is 5. The zero-order valence-corrected chi connectivity index (χ0v) is 10.5. The van der Waals surface area contributed by atoms with Gasteiger partial charge in [-0.05, 0) is 25.7 Å². The van der Waals surface area contributed by atoms with Crippen LogP contribution in [-0.4, -0.2) is 24.8 Å². The molecule has 0 unspecified atom stereocenters. The Morgan fingerprint density at radius 2 is 1.79 bits per heavy atom. The fourth-order valence-corrected chi connectivity index (χ4v) is 2.57. The summed E-state index contributed by atoms with van der Waals surface area (Å²) >= 11 is 0. The largest absolute Gasteiger partial charge is 0.272 e. The molecule has 0 N–H and O–H groups in total. The fourth-order valence-electron chi connectivity index (χ4n) is 2.57. The number of hydrogen-bond donors (Lipinski definition) is 0. The van der Waals surface area contributed by atoms with Gasteiger partial charge in [-0.15, -0.1) is 15.3 Å². The quantitative estimate of drug-likeness (QED) is 0.664. The van der Waals surface area contributed by atoms with Gasteiger partial charge in [0.15, 0.2) is 5.82 Å². The van der Waals surface area contributed by atoms with Gasteiger partial charge in [0.1, 0.15) is 0 Å². The summed E-state index contributed by atoms with van der Waals surface area (Å²) < 4.78 is 1.86. The minimum atomic E-state index is 0.597. The maximum Gasteiger partial charge on any atom is 0.272 e. The average Bonchev–Trinajstić information content (AvgIpc) is 2.93. The molecule has 5 nitrogen and oxygen atoms in total. The number of hydrogen-bond acceptors (Lipinski definition) is 4. The first kappa shape index (κ1) is 10.6. The van der Waals surface area contributed by atoms with E-state index in [1.54, 1.807) is 0 Å². The van der Waals surface area contributed by atoms with Gasteiger partial charge < -0.3 is 0 Å². The first-order chi connectivity index (χ1) is 9.42. The second-order valence-electron chi connectivity index (χ2n) is 4.81. The van der Waals surface area contributed by atoms with Crippen LogP contribution < -0.4 is 0 Å². The molecule has 0 saturated carbocycles. The lowest BCUT2D eigenvalue weighted by molar-refractivity contribution is 0.613. The van der Waals surface area contributed by atoms with E-state index in [0.29, 0.717) is 11.6 Å². The van der Waals surface area contributed by atoms with Gasteiger partial charge in [0.25, 0.3) is 5.78 Å². The van der Waals surface area contributed by atoms with E-state index in [9.17, 15) is 0 Å². The number of nitrogens with zero attached hydrogens (tertiary/aromatic N) is 5. The minimum absolute atomic E-state index is 0.597. The van der Waals surface area contributed by atoms with E-state index in [1.165, 1.54) is 18.5 Å². The molecule has 1 aliphatic rings. The van der Waals surface area contributed by atoms with Crippen molar-refractivity contribution in [3.63, 3.8) is 0 Å². The molecule has 3 aromatic rings. The van der Waals surface area contributed by atoms with E-state index in [-0.39, 0.29) is 0 Å². The third-order valence-corrected chi connectivity index (χ3v) is 3.55. The summed E-state index contributed by atoms with van der Waals surface area (Å²) in [5, 5.41) is 13.1. The van der Waals surface area contributed by atoms with E-state index in [1.807, 2.05) is 34.8 Å². The Balaban J connectivity index is 1.92. The van der Waals surface area contributed by atoms with Crippen molar-refractivity contribution >= 4 is 5.78 Å². The van der Waals surface area contributed by atoms with Crippen LogP contribution in [0.3, 0.4) is 0 Å². The van der Waals surface area contributed by atoms with Crippen molar-refractivity contribution in [3.8, 4) is 11.4 Å². The Kier molecular flexibility index (Phi) is 2.30. The highest BCUT2D eigenvalue weighted by Crippen LogP contribution is 2.21. The molecule has 0 atom stereocenters. The van der Waals surface area contributed by atoms with E-state index in [0.717, 1.165) is 24.1 Å². The molecule has 1 aromatic carbocycles. The summed E-state index contributed by atoms with van der Waals surface area (Å²) in [6.45, 7) is 0. The van der Waals surface area contributed by atoms with Crippen molar-refractivity contribution < 1.29 is 0 Å². The maximum absolute atomic E-state index is 4.60. The molecule has 1 aliphatic carbocycles. The Bertz CT molecular complexity index is 732. The highest BCUT2D eigenvalue weighted by atomic mass is 15.4. The van der Waals surface area contributed by atoms with Crippen molar-refractivity contribution in [2.24, 2.45) is 0 Å². The van der Waals surface area contributed by atoms with Gasteiger partial charge in [0.05, 0.1) is 11.4 Å². The number of benzene rings is 1. The predicted molar refractivity (Wildman–Crippen MR) is 70.7 cm³/mol. The molecule has 0 fully saturated rings. The molecule has 2 heterocycles. The summed E-state index contributed by atoms with van der Waals surface area (Å²) in [5.74, 6) is 1.31. The molecular weight excluding hydrogens is 238 g/mol. The Hall–Kier alpha value is -2.30. The lowest BCUT2D eigenvalue weighted by atomic mass is 10.0. The van der Waals surface area contributed by atoms with E-state index in [2.05, 4.69) is 20.3 Å². The first-order valence-electron chi connectivity index (χ1n) is 6.58. The Morgan fingerprint density at radius 3 is 2.68 bits per heavy atom. The molecular formula is C14H13N5. The van der Waals surface area contributed by atoms with Crippen molar-refractivity contribution in [3.05, 3.63) is 41.7 Å². The SMILES string of the molecule is c1ccc(-c2nc3nnc4c(n3n2)CCCC4)cc1. The molecule has 0 spiro atoms. The van der Waals surface area contributed by atoms with Crippen molar-refractivity contribution in [1.29, 1.82) is 0 Å². The van der Waals surface area contributed by atoms with Gasteiger partial charge in [-0.2, -0.15) is 9.50 Å². The van der Waals surface area contributed by atoms with Crippen LogP contribution in [0.4, 0.5) is 0 Å². The molecule has 0 amide bonds. The van der Waals surface area contributed by atoms with Crippen LogP contribution in [0.5, 0.6) is 0 Å². The highest BCUT2D eigenvalue weighted by molar-refractivity contribution is 5.56. The number of rotatable bonds is 1. The minimum Gasteiger partial charge on any atom is -0.198 e. The molecule has 0 bridgehead atoms. The average molecular weight is 251 g/mol. The van der Waals surface area contributed by atoms with Gasteiger partial charge in [-0.25, -0.2) is 0 Å². The lowest BCUT2D eigenvalue weighted by Gasteiger charge is -2.13. The normalized spacial score (nSPS) is 14.5. The molecule has 2 aromatic heterocycles. The van der Waals surface area contributed by atoms with Crippen molar-refractivity contribution in [2.45, 2.75) is 25.7 Å². The second kappa shape index (κ2) is 4.12. The third-order valence-electron chi connectivity index (χ3n) is 3.55. The van der Waals surface area contributed by atoms with Crippen LogP contribution in [0.15, 0.2) is 30.3 Å². The van der Waals surface area contributed by atoms with Crippen LogP contribution in [0.25, 0.3) is 17.2 Å². The molecule has 4 rings (SSSR count). The first-order valence-corrected chi connectivity index (χ1v) is 6.58. The number of aryl methyl sites for hydroxylation is 2. The topological polar surface area (TPSA) is 56.0 Å². The third kappa shape index (κ3) is 1.69. The highest BCUT2D eigenvalue weighted by Gasteiger charge is 2.17. The molecule has 0 saturated heterocycles. The second-order valence-corrected chi connectivity index (χ2v) is 4.81. The Morgan fingerprint density at radius 1 is 0.947 bits per heavy atom. The zero-order valence-electron chi connectivity index (χ0n) is 10.5. The zero-order chi connectivity index (χ0) is 12.7. The summed E-state index contributed by atoms with van der Waals surface area (Å²) in [4.78, 5) is 4.47. The van der Waals surface area contributed by atoms with E-state index < -0.39 is 0 Å². The van der Waals surface area contributed by atoms with Gasteiger partial charge >= 0.3 is 0 Å². The smallest absolute Gasteiger partial charge is 0.198 e. The van der Waals surface area contributed by atoms with Crippen molar-refractivity contribution in [1.82, 2.24) is 24.8 Å². The predicted octanol–water partition coefficient (Wildman–Crippen LogP) is 2.07. The monoisotopic (exact) mass is 251 g/mol. The summed E-state index contributed by atoms with van der Waals surface area (Å²) in [5.41, 5.74) is 3.26. The van der Waals surface area contributed by atoms with Crippen LogP contribution in [0.1, 0.15) is 24.2 Å². The fraction of sp³-hybridized carbons (Fsp3) is 0.286. The van der Waals surface area contributed by atoms with Gasteiger partial charge in [-0.3, -0.25) is 0 Å². The van der Waals surface area contributed by atoms with Crippen LogP contribution >= 0.6 is 0 Å². The lowest BCUT2D eigenvalue weighted by Crippen LogP contribution is -2.13. The molecule has 19 heavy (non-hydrogen) atoms. The van der Waals surface area contributed by atoms with Gasteiger partial charge in [-0.1, -0.05) is 30.3 Å². The maximum atomic E-state index is 4.60. The van der Waals surface area contributed by atoms with Gasteiger partial charge in [0, 0.05) is 5.56 Å². The standard InChI is InChI=1S/C14H13N5/c1-2-6-10(7-3-1)13-15-14-17-16-11-8-4-5-9-12(11)19(14)18-13/h1-3,6-7H,4-5,8-9H2. The molecule has 0 radical (unpaired) electrons. The molecule has 94 valence electrons. The molecule has 0 aliphatic heterocycles. The van der Waals surface area contributed by atoms with Crippen molar-refractivity contribution in [2.75, 3.05) is 0 Å². The van der Waals surface area contributed by atoms with Crippen LogP contribution in [0, 0.1) is 0 Å². The summed E-state index contributed by atoms with van der Waals surface area (Å²) in [7, 11) is 0. The van der Waals surface area contributed by atoms with E-state index >= 15 is 0 Å². The summed E-state index contributed by atoms with van der Waals surface area (Å²) in [6, 6.07) is 9.98. The Labute approximate surface area is 110 Å². The van der Waals surface area contributed by atoms with Crippen LogP contribution in [0.2, 0.25) is 0 Å². The van der Waals surface area contributed by atoms with E-state index in [4.69, 9.17) is 0 Å². The summed E-state index contributed by atoms with van der Waals surface area (Å²) in [6.07, 6.45) is 4.39.